The second-order valence-corrected chi connectivity index (χ2v) is 4.58. The first-order valence-electron chi connectivity index (χ1n) is 5.71. The Bertz CT molecular complexity index is 412. The molecule has 7 heteroatoms. The van der Waals surface area contributed by atoms with Crippen LogP contribution in [0.2, 0.25) is 5.15 Å². The predicted molar refractivity (Wildman–Crippen MR) is 66.6 cm³/mol. The Morgan fingerprint density at radius 1 is 1.61 bits per heavy atom. The van der Waals surface area contributed by atoms with Crippen molar-refractivity contribution in [2.24, 2.45) is 0 Å². The number of ether oxygens (including phenoxy) is 1. The molecule has 1 fully saturated rings. The molecule has 1 atom stereocenters. The first kappa shape index (κ1) is 13.2. The van der Waals surface area contributed by atoms with Crippen molar-refractivity contribution < 1.29 is 9.53 Å². The van der Waals surface area contributed by atoms with Crippen LogP contribution in [0.5, 0.6) is 0 Å². The highest BCUT2D eigenvalue weighted by Gasteiger charge is 2.18. The Hall–Kier alpha value is -1.24. The van der Waals surface area contributed by atoms with Crippen molar-refractivity contribution in [2.45, 2.75) is 6.10 Å². The first-order valence-corrected chi connectivity index (χ1v) is 6.09. The Balaban J connectivity index is 1.82. The third-order valence-corrected chi connectivity index (χ3v) is 2.88. The van der Waals surface area contributed by atoms with Crippen LogP contribution in [0, 0.1) is 0 Å². The highest BCUT2D eigenvalue weighted by molar-refractivity contribution is 6.29. The lowest BCUT2D eigenvalue weighted by atomic mass is 10.3. The van der Waals surface area contributed by atoms with Gasteiger partial charge in [-0.3, -0.25) is 4.79 Å². The maximum atomic E-state index is 11.8. The van der Waals surface area contributed by atoms with Gasteiger partial charge in [0.25, 0.3) is 5.91 Å². The average molecular weight is 271 g/mol. The number of nitrogens with zero attached hydrogens (tertiary/aromatic N) is 3. The van der Waals surface area contributed by atoms with Crippen LogP contribution in [-0.4, -0.2) is 60.2 Å². The Labute approximate surface area is 110 Å². The smallest absolute Gasteiger partial charge is 0.271 e. The molecule has 1 saturated heterocycles. The third kappa shape index (κ3) is 3.63. The number of halogens is 1. The fourth-order valence-corrected chi connectivity index (χ4v) is 1.81. The number of hydrogen-bond acceptors (Lipinski definition) is 5. The average Bonchev–Trinajstić information content (AvgIpc) is 2.37. The van der Waals surface area contributed by atoms with Gasteiger partial charge >= 0.3 is 0 Å². The molecular weight excluding hydrogens is 256 g/mol. The van der Waals surface area contributed by atoms with Crippen LogP contribution in [0.4, 0.5) is 0 Å². The Morgan fingerprint density at radius 2 is 2.44 bits per heavy atom. The topological polar surface area (TPSA) is 67.3 Å². The zero-order chi connectivity index (χ0) is 13.0. The maximum absolute atomic E-state index is 11.8. The van der Waals surface area contributed by atoms with Gasteiger partial charge in [0.1, 0.15) is 10.8 Å². The molecule has 1 aromatic rings. The standard InChI is InChI=1S/C11H15ClN4O2/c1-16-2-3-18-8(7-16)4-15-11(17)9-5-14-10(12)6-13-9/h5-6,8H,2-4,7H2,1H3,(H,15,17). The fraction of sp³-hybridized carbons (Fsp3) is 0.545. The van der Waals surface area contributed by atoms with Crippen LogP contribution in [0.15, 0.2) is 12.4 Å². The number of nitrogens with one attached hydrogen (secondary N) is 1. The maximum Gasteiger partial charge on any atom is 0.271 e. The first-order chi connectivity index (χ1) is 8.65. The number of amides is 1. The van der Waals surface area contributed by atoms with Gasteiger partial charge in [-0.1, -0.05) is 11.6 Å². The zero-order valence-electron chi connectivity index (χ0n) is 10.1. The van der Waals surface area contributed by atoms with E-state index in [0.29, 0.717) is 13.2 Å². The summed E-state index contributed by atoms with van der Waals surface area (Å²) in [5, 5.41) is 3.04. The summed E-state index contributed by atoms with van der Waals surface area (Å²) < 4.78 is 5.54. The molecule has 98 valence electrons. The fourth-order valence-electron chi connectivity index (χ4n) is 1.72. The Kier molecular flexibility index (Phi) is 4.46. The van der Waals surface area contributed by atoms with E-state index in [1.807, 2.05) is 7.05 Å². The lowest BCUT2D eigenvalue weighted by Gasteiger charge is -2.30. The summed E-state index contributed by atoms with van der Waals surface area (Å²) in [5.74, 6) is -0.268. The molecule has 1 aromatic heterocycles. The summed E-state index contributed by atoms with van der Waals surface area (Å²) in [6, 6.07) is 0. The minimum absolute atomic E-state index is 0.0213. The summed E-state index contributed by atoms with van der Waals surface area (Å²) in [6.45, 7) is 2.89. The molecule has 1 aliphatic heterocycles. The quantitative estimate of drug-likeness (QED) is 0.849. The molecule has 0 radical (unpaired) electrons. The SMILES string of the molecule is CN1CCOC(CNC(=O)c2cnc(Cl)cn2)C1. The molecular formula is C11H15ClN4O2. The summed E-state index contributed by atoms with van der Waals surface area (Å²) >= 11 is 5.60. The van der Waals surface area contributed by atoms with Crippen molar-refractivity contribution in [2.75, 3.05) is 33.3 Å². The van der Waals surface area contributed by atoms with E-state index < -0.39 is 0 Å². The van der Waals surface area contributed by atoms with Crippen molar-refractivity contribution in [1.29, 1.82) is 0 Å². The van der Waals surface area contributed by atoms with Crippen LogP contribution in [-0.2, 0) is 4.74 Å². The second kappa shape index (κ2) is 6.08. The van der Waals surface area contributed by atoms with E-state index in [1.54, 1.807) is 0 Å². The van der Waals surface area contributed by atoms with Crippen LogP contribution in [0.25, 0.3) is 0 Å². The molecule has 1 aliphatic rings. The van der Waals surface area contributed by atoms with E-state index in [2.05, 4.69) is 20.2 Å². The van der Waals surface area contributed by atoms with E-state index in [-0.39, 0.29) is 22.9 Å². The molecule has 2 heterocycles. The number of rotatable bonds is 3. The summed E-state index contributed by atoms with van der Waals surface area (Å²) in [4.78, 5) is 21.6. The minimum Gasteiger partial charge on any atom is -0.374 e. The molecule has 2 rings (SSSR count). The van der Waals surface area contributed by atoms with Gasteiger partial charge in [-0.15, -0.1) is 0 Å². The monoisotopic (exact) mass is 270 g/mol. The number of likely N-dealkylation sites (N-methyl/N-ethyl adjacent to an activating group) is 1. The van der Waals surface area contributed by atoms with Gasteiger partial charge in [0.2, 0.25) is 0 Å². The van der Waals surface area contributed by atoms with Crippen molar-refractivity contribution in [3.05, 3.63) is 23.2 Å². The number of hydrogen-bond donors (Lipinski definition) is 1. The van der Waals surface area contributed by atoms with Crippen molar-refractivity contribution >= 4 is 17.5 Å². The van der Waals surface area contributed by atoms with E-state index in [1.165, 1.54) is 12.4 Å². The molecule has 1 unspecified atom stereocenters. The summed E-state index contributed by atoms with van der Waals surface area (Å²) in [7, 11) is 2.03. The van der Waals surface area contributed by atoms with Gasteiger partial charge in [-0.2, -0.15) is 0 Å². The van der Waals surface area contributed by atoms with Crippen molar-refractivity contribution in [3.8, 4) is 0 Å². The molecule has 0 spiro atoms. The highest BCUT2D eigenvalue weighted by Crippen LogP contribution is 2.03. The van der Waals surface area contributed by atoms with Gasteiger partial charge in [0, 0.05) is 19.6 Å². The van der Waals surface area contributed by atoms with Gasteiger partial charge < -0.3 is 15.0 Å². The normalized spacial score (nSPS) is 20.7. The second-order valence-electron chi connectivity index (χ2n) is 4.19. The van der Waals surface area contributed by atoms with Gasteiger partial charge in [-0.05, 0) is 7.05 Å². The molecule has 1 N–H and O–H groups in total. The lowest BCUT2D eigenvalue weighted by molar-refractivity contribution is -0.0175. The lowest BCUT2D eigenvalue weighted by Crippen LogP contribution is -2.46. The summed E-state index contributed by atoms with van der Waals surface area (Å²) in [5.41, 5.74) is 0.253. The Morgan fingerprint density at radius 3 is 3.11 bits per heavy atom. The van der Waals surface area contributed by atoms with E-state index in [0.717, 1.165) is 13.1 Å². The summed E-state index contributed by atoms with van der Waals surface area (Å²) in [6.07, 6.45) is 2.72. The van der Waals surface area contributed by atoms with Crippen LogP contribution in [0.1, 0.15) is 10.5 Å². The van der Waals surface area contributed by atoms with E-state index in [4.69, 9.17) is 16.3 Å². The molecule has 0 aliphatic carbocycles. The number of aromatic nitrogens is 2. The molecule has 6 nitrogen and oxygen atoms in total. The number of carbonyl (C=O) groups is 1. The van der Waals surface area contributed by atoms with E-state index in [9.17, 15) is 4.79 Å². The molecule has 0 saturated carbocycles. The highest BCUT2D eigenvalue weighted by atomic mass is 35.5. The van der Waals surface area contributed by atoms with Crippen molar-refractivity contribution in [3.63, 3.8) is 0 Å². The van der Waals surface area contributed by atoms with Gasteiger partial charge in [0.15, 0.2) is 0 Å². The van der Waals surface area contributed by atoms with Crippen LogP contribution >= 0.6 is 11.6 Å². The number of carbonyl (C=O) groups excluding carboxylic acids is 1. The predicted octanol–water partition coefficient (Wildman–Crippen LogP) is 0.190. The third-order valence-electron chi connectivity index (χ3n) is 2.69. The molecule has 18 heavy (non-hydrogen) atoms. The molecule has 0 bridgehead atoms. The van der Waals surface area contributed by atoms with Gasteiger partial charge in [0.05, 0.1) is 25.1 Å². The van der Waals surface area contributed by atoms with E-state index >= 15 is 0 Å². The van der Waals surface area contributed by atoms with Crippen LogP contribution in [0.3, 0.4) is 0 Å². The van der Waals surface area contributed by atoms with Crippen LogP contribution < -0.4 is 5.32 Å². The largest absolute Gasteiger partial charge is 0.374 e. The zero-order valence-corrected chi connectivity index (χ0v) is 10.9. The van der Waals surface area contributed by atoms with Crippen molar-refractivity contribution in [1.82, 2.24) is 20.2 Å². The van der Waals surface area contributed by atoms with Gasteiger partial charge in [-0.25, -0.2) is 9.97 Å². The molecule has 1 amide bonds. The molecule has 0 aromatic carbocycles. The minimum atomic E-state index is -0.268. The number of morpholine rings is 1.